The summed E-state index contributed by atoms with van der Waals surface area (Å²) in [7, 11) is -3.33. The zero-order valence-corrected chi connectivity index (χ0v) is 13.8. The van der Waals surface area contributed by atoms with Crippen molar-refractivity contribution in [1.29, 1.82) is 0 Å². The maximum absolute atomic E-state index is 12.8. The van der Waals surface area contributed by atoms with Crippen LogP contribution in [0.2, 0.25) is 0 Å². The van der Waals surface area contributed by atoms with E-state index >= 15 is 0 Å². The first-order valence-corrected chi connectivity index (χ1v) is 8.83. The normalized spacial score (nSPS) is 28.0. The maximum atomic E-state index is 12.8. The van der Waals surface area contributed by atoms with E-state index in [9.17, 15) is 9.36 Å². The van der Waals surface area contributed by atoms with E-state index in [-0.39, 0.29) is 11.4 Å². The minimum absolute atomic E-state index is 0.158. The molecule has 3 rings (SSSR count). The molecule has 1 saturated heterocycles. The predicted molar refractivity (Wildman–Crippen MR) is 82.6 cm³/mol. The van der Waals surface area contributed by atoms with Gasteiger partial charge in [-0.05, 0) is 18.6 Å². The standard InChI is InChI=1S/C16H19O5P/c1-11-14(8-22(18)19-9-16(2,3)10-20-22)12-6-4-5-7-13(12)15(17)21-11/h4-8,11H,9-10H2,1-3H3/b14-8+. The Morgan fingerprint density at radius 1 is 1.18 bits per heavy atom. The molecule has 0 aromatic heterocycles. The van der Waals surface area contributed by atoms with Gasteiger partial charge < -0.3 is 13.8 Å². The number of rotatable bonds is 1. The molecule has 6 heteroatoms. The molecule has 1 aromatic carbocycles. The summed E-state index contributed by atoms with van der Waals surface area (Å²) in [5.74, 6) is 1.13. The fourth-order valence-electron chi connectivity index (χ4n) is 2.45. The molecule has 0 amide bonds. The molecular formula is C16H19O5P. The van der Waals surface area contributed by atoms with Crippen LogP contribution in [0.15, 0.2) is 30.1 Å². The molecule has 118 valence electrons. The van der Waals surface area contributed by atoms with Gasteiger partial charge in [-0.1, -0.05) is 32.0 Å². The van der Waals surface area contributed by atoms with Gasteiger partial charge in [0.2, 0.25) is 0 Å². The predicted octanol–water partition coefficient (Wildman–Crippen LogP) is 3.85. The van der Waals surface area contributed by atoms with E-state index in [0.29, 0.717) is 24.4 Å². The minimum Gasteiger partial charge on any atom is -0.454 e. The Labute approximate surface area is 129 Å². The number of fused-ring (bicyclic) bond motifs is 1. The number of ether oxygens (including phenoxy) is 1. The van der Waals surface area contributed by atoms with Crippen molar-refractivity contribution in [3.05, 3.63) is 41.2 Å². The third-order valence-corrected chi connectivity index (χ3v) is 5.32. The second-order valence-electron chi connectivity index (χ2n) is 6.43. The number of hydrogen-bond acceptors (Lipinski definition) is 5. The molecule has 2 heterocycles. The molecule has 22 heavy (non-hydrogen) atoms. The van der Waals surface area contributed by atoms with Gasteiger partial charge in [0.1, 0.15) is 6.10 Å². The van der Waals surface area contributed by atoms with Crippen molar-refractivity contribution < 1.29 is 23.1 Å². The lowest BCUT2D eigenvalue weighted by molar-refractivity contribution is 0.0408. The summed E-state index contributed by atoms with van der Waals surface area (Å²) in [5, 5.41) is 0. The highest BCUT2D eigenvalue weighted by molar-refractivity contribution is 7.57. The molecule has 5 nitrogen and oxygen atoms in total. The molecule has 1 unspecified atom stereocenters. The van der Waals surface area contributed by atoms with Crippen molar-refractivity contribution >= 4 is 19.1 Å². The number of esters is 1. The second kappa shape index (κ2) is 5.34. The molecule has 1 aromatic rings. The van der Waals surface area contributed by atoms with Crippen LogP contribution < -0.4 is 0 Å². The van der Waals surface area contributed by atoms with Crippen LogP contribution in [0.5, 0.6) is 0 Å². The Hall–Kier alpha value is -1.42. The number of cyclic esters (lactones) is 1. The van der Waals surface area contributed by atoms with Crippen LogP contribution in [-0.2, 0) is 18.3 Å². The Balaban J connectivity index is 1.99. The smallest absolute Gasteiger partial charge is 0.354 e. The van der Waals surface area contributed by atoms with Crippen molar-refractivity contribution in [2.45, 2.75) is 26.9 Å². The molecule has 0 bridgehead atoms. The lowest BCUT2D eigenvalue weighted by Gasteiger charge is -2.34. The van der Waals surface area contributed by atoms with Gasteiger partial charge in [0.05, 0.1) is 18.8 Å². The van der Waals surface area contributed by atoms with Crippen LogP contribution in [0.1, 0.15) is 36.7 Å². The molecule has 0 aliphatic carbocycles. The van der Waals surface area contributed by atoms with E-state index in [1.54, 1.807) is 19.1 Å². The van der Waals surface area contributed by atoms with E-state index < -0.39 is 13.7 Å². The van der Waals surface area contributed by atoms with Gasteiger partial charge in [-0.15, -0.1) is 0 Å². The highest BCUT2D eigenvalue weighted by atomic mass is 31.2. The molecule has 0 saturated carbocycles. The van der Waals surface area contributed by atoms with E-state index in [4.69, 9.17) is 13.8 Å². The summed E-state index contributed by atoms with van der Waals surface area (Å²) in [6.45, 7) is 6.46. The van der Waals surface area contributed by atoms with Gasteiger partial charge in [0, 0.05) is 16.8 Å². The fourth-order valence-corrected chi connectivity index (χ4v) is 4.42. The number of hydrogen-bond donors (Lipinski definition) is 0. The first-order chi connectivity index (χ1) is 10.3. The SMILES string of the molecule is CC1OC(=O)c2ccccc2/C1=C/P1(=O)OCC(C)(C)CO1. The van der Waals surface area contributed by atoms with Crippen LogP contribution in [0.25, 0.3) is 5.57 Å². The average molecular weight is 322 g/mol. The van der Waals surface area contributed by atoms with Crippen LogP contribution in [0.3, 0.4) is 0 Å². The van der Waals surface area contributed by atoms with Crippen molar-refractivity contribution in [1.82, 2.24) is 0 Å². The Bertz CT molecular complexity index is 678. The van der Waals surface area contributed by atoms with E-state index in [1.807, 2.05) is 26.0 Å². The Morgan fingerprint density at radius 3 is 2.41 bits per heavy atom. The first-order valence-electron chi connectivity index (χ1n) is 7.22. The van der Waals surface area contributed by atoms with Gasteiger partial charge in [-0.2, -0.15) is 0 Å². The van der Waals surface area contributed by atoms with E-state index in [0.717, 1.165) is 5.56 Å². The molecular weight excluding hydrogens is 303 g/mol. The van der Waals surface area contributed by atoms with E-state index in [1.165, 1.54) is 5.82 Å². The maximum Gasteiger partial charge on any atom is 0.354 e. The molecule has 0 N–H and O–H groups in total. The number of benzene rings is 1. The third kappa shape index (κ3) is 2.89. The molecule has 2 aliphatic rings. The monoisotopic (exact) mass is 322 g/mol. The highest BCUT2D eigenvalue weighted by Gasteiger charge is 2.37. The first kappa shape index (κ1) is 15.5. The summed E-state index contributed by atoms with van der Waals surface area (Å²) in [5.41, 5.74) is 1.70. The average Bonchev–Trinajstić information content (AvgIpc) is 2.47. The Morgan fingerprint density at radius 2 is 1.77 bits per heavy atom. The minimum atomic E-state index is -3.33. The number of carbonyl (C=O) groups is 1. The van der Waals surface area contributed by atoms with Crippen molar-refractivity contribution in [2.24, 2.45) is 5.41 Å². The Kier molecular flexibility index (Phi) is 3.76. The van der Waals surface area contributed by atoms with Crippen LogP contribution in [-0.4, -0.2) is 25.3 Å². The molecule has 0 radical (unpaired) electrons. The van der Waals surface area contributed by atoms with Crippen LogP contribution in [0, 0.1) is 5.41 Å². The highest BCUT2D eigenvalue weighted by Crippen LogP contribution is 2.57. The van der Waals surface area contributed by atoms with Crippen LogP contribution >= 0.6 is 7.60 Å². The lowest BCUT2D eigenvalue weighted by Crippen LogP contribution is -2.29. The third-order valence-electron chi connectivity index (χ3n) is 3.75. The van der Waals surface area contributed by atoms with Gasteiger partial charge in [0.15, 0.2) is 0 Å². The largest absolute Gasteiger partial charge is 0.454 e. The lowest BCUT2D eigenvalue weighted by atomic mass is 9.95. The summed E-state index contributed by atoms with van der Waals surface area (Å²) < 4.78 is 29.1. The molecule has 1 atom stereocenters. The van der Waals surface area contributed by atoms with Gasteiger partial charge >= 0.3 is 13.6 Å². The summed E-state index contributed by atoms with van der Waals surface area (Å²) in [6, 6.07) is 7.11. The van der Waals surface area contributed by atoms with E-state index in [2.05, 4.69) is 0 Å². The van der Waals surface area contributed by atoms with Crippen molar-refractivity contribution in [3.63, 3.8) is 0 Å². The van der Waals surface area contributed by atoms with Gasteiger partial charge in [-0.25, -0.2) is 4.79 Å². The zero-order chi connectivity index (χ0) is 16.0. The van der Waals surface area contributed by atoms with Gasteiger partial charge in [0.25, 0.3) is 0 Å². The summed E-state index contributed by atoms with van der Waals surface area (Å²) >= 11 is 0. The topological polar surface area (TPSA) is 61.8 Å². The molecule has 0 spiro atoms. The second-order valence-corrected chi connectivity index (χ2v) is 8.28. The van der Waals surface area contributed by atoms with Crippen molar-refractivity contribution in [3.8, 4) is 0 Å². The van der Waals surface area contributed by atoms with Crippen molar-refractivity contribution in [2.75, 3.05) is 13.2 Å². The van der Waals surface area contributed by atoms with Crippen LogP contribution in [0.4, 0.5) is 0 Å². The molecule has 2 aliphatic heterocycles. The number of carbonyl (C=O) groups excluding carboxylic acids is 1. The fraction of sp³-hybridized carbons (Fsp3) is 0.438. The molecule has 1 fully saturated rings. The summed E-state index contributed by atoms with van der Waals surface area (Å²) in [6.07, 6.45) is -0.490. The quantitative estimate of drug-likeness (QED) is 0.580. The summed E-state index contributed by atoms with van der Waals surface area (Å²) in [4.78, 5) is 11.9. The van der Waals surface area contributed by atoms with Gasteiger partial charge in [-0.3, -0.25) is 4.57 Å². The zero-order valence-electron chi connectivity index (χ0n) is 12.9.